The molecule has 0 spiro atoms. The van der Waals surface area contributed by atoms with Gasteiger partial charge in [0, 0.05) is 24.6 Å². The molecule has 2 aromatic rings. The molecule has 0 aliphatic carbocycles. The predicted molar refractivity (Wildman–Crippen MR) is 67.3 cm³/mol. The smallest absolute Gasteiger partial charge is 0.229 e. The molecule has 6 heteroatoms. The summed E-state index contributed by atoms with van der Waals surface area (Å²) in [4.78, 5) is 16.8. The van der Waals surface area contributed by atoms with E-state index >= 15 is 0 Å². The van der Waals surface area contributed by atoms with Crippen molar-refractivity contribution in [2.24, 2.45) is 0 Å². The van der Waals surface area contributed by atoms with Crippen molar-refractivity contribution >= 4 is 11.9 Å². The largest absolute Gasteiger partial charge is 0.309 e. The lowest BCUT2D eigenvalue weighted by atomic mass is 10.1. The first-order valence-electron chi connectivity index (χ1n) is 6.02. The van der Waals surface area contributed by atoms with E-state index in [0.717, 1.165) is 18.7 Å². The average Bonchev–Trinajstić information content (AvgIpc) is 2.94. The number of nitrogens with one attached hydrogen (secondary N) is 2. The third-order valence-electron chi connectivity index (χ3n) is 2.88. The van der Waals surface area contributed by atoms with E-state index in [1.165, 1.54) is 6.42 Å². The number of aromatic nitrogens is 4. The van der Waals surface area contributed by atoms with Gasteiger partial charge in [0.05, 0.1) is 5.69 Å². The summed E-state index contributed by atoms with van der Waals surface area (Å²) >= 11 is 0. The monoisotopic (exact) mass is 242 g/mol. The number of hydrogen-bond donors (Lipinski definition) is 2. The van der Waals surface area contributed by atoms with Crippen LogP contribution < -0.4 is 10.6 Å². The Bertz CT molecular complexity index is 509. The van der Waals surface area contributed by atoms with E-state index in [4.69, 9.17) is 0 Å². The Labute approximate surface area is 105 Å². The molecular weight excluding hydrogens is 228 g/mol. The molecule has 0 bridgehead atoms. The average molecular weight is 242 g/mol. The van der Waals surface area contributed by atoms with Gasteiger partial charge in [0.15, 0.2) is 0 Å². The van der Waals surface area contributed by atoms with Crippen molar-refractivity contribution in [1.82, 2.24) is 25.3 Å². The fourth-order valence-corrected chi connectivity index (χ4v) is 2.03. The standard InChI is InChI=1S/C12H14N6/c1-3-9(13-5-1)10-4-8-16-12(17-10)18-11-14-6-2-7-15-11/h2,4,6-9,13H,1,3,5H2,(H,14,15,16,17,18)/t9-/m1/s1. The van der Waals surface area contributed by atoms with E-state index in [1.807, 2.05) is 6.07 Å². The molecule has 0 radical (unpaired) electrons. The molecule has 1 fully saturated rings. The van der Waals surface area contributed by atoms with E-state index < -0.39 is 0 Å². The van der Waals surface area contributed by atoms with Crippen molar-refractivity contribution in [1.29, 1.82) is 0 Å². The fraction of sp³-hybridized carbons (Fsp3) is 0.333. The van der Waals surface area contributed by atoms with Crippen molar-refractivity contribution in [3.05, 3.63) is 36.4 Å². The second kappa shape index (κ2) is 5.05. The maximum atomic E-state index is 4.49. The number of anilines is 2. The summed E-state index contributed by atoms with van der Waals surface area (Å²) in [6, 6.07) is 4.05. The van der Waals surface area contributed by atoms with E-state index in [2.05, 4.69) is 30.6 Å². The molecule has 1 atom stereocenters. The summed E-state index contributed by atoms with van der Waals surface area (Å²) in [5.41, 5.74) is 1.01. The van der Waals surface area contributed by atoms with Crippen LogP contribution in [0, 0.1) is 0 Å². The third-order valence-corrected chi connectivity index (χ3v) is 2.88. The molecule has 0 amide bonds. The number of rotatable bonds is 3. The maximum absolute atomic E-state index is 4.49. The van der Waals surface area contributed by atoms with Crippen LogP contribution >= 0.6 is 0 Å². The Hall–Kier alpha value is -2.08. The summed E-state index contributed by atoms with van der Waals surface area (Å²) in [5, 5.41) is 6.41. The minimum Gasteiger partial charge on any atom is -0.309 e. The number of hydrogen-bond acceptors (Lipinski definition) is 6. The second-order valence-electron chi connectivity index (χ2n) is 4.15. The van der Waals surface area contributed by atoms with Gasteiger partial charge in [0.1, 0.15) is 0 Å². The van der Waals surface area contributed by atoms with Gasteiger partial charge in [-0.2, -0.15) is 0 Å². The quantitative estimate of drug-likeness (QED) is 0.848. The third kappa shape index (κ3) is 2.43. The van der Waals surface area contributed by atoms with Crippen molar-refractivity contribution in [3.63, 3.8) is 0 Å². The highest BCUT2D eigenvalue weighted by atomic mass is 15.2. The molecule has 0 aromatic carbocycles. The lowest BCUT2D eigenvalue weighted by Crippen LogP contribution is -2.15. The van der Waals surface area contributed by atoms with Gasteiger partial charge in [-0.05, 0) is 31.5 Å². The number of nitrogens with zero attached hydrogens (tertiary/aromatic N) is 4. The van der Waals surface area contributed by atoms with Gasteiger partial charge in [-0.15, -0.1) is 0 Å². The summed E-state index contributed by atoms with van der Waals surface area (Å²) in [5.74, 6) is 1.04. The maximum Gasteiger partial charge on any atom is 0.229 e. The van der Waals surface area contributed by atoms with Crippen molar-refractivity contribution < 1.29 is 0 Å². The fourth-order valence-electron chi connectivity index (χ4n) is 2.03. The van der Waals surface area contributed by atoms with E-state index in [-0.39, 0.29) is 0 Å². The summed E-state index contributed by atoms with van der Waals surface area (Å²) in [7, 11) is 0. The lowest BCUT2D eigenvalue weighted by Gasteiger charge is -2.10. The Morgan fingerprint density at radius 1 is 1.11 bits per heavy atom. The highest BCUT2D eigenvalue weighted by Crippen LogP contribution is 2.21. The zero-order valence-electron chi connectivity index (χ0n) is 9.87. The van der Waals surface area contributed by atoms with E-state index in [1.54, 1.807) is 24.7 Å². The van der Waals surface area contributed by atoms with E-state index in [9.17, 15) is 0 Å². The van der Waals surface area contributed by atoms with Gasteiger partial charge in [-0.25, -0.2) is 19.9 Å². The second-order valence-corrected chi connectivity index (χ2v) is 4.15. The van der Waals surface area contributed by atoms with Crippen molar-refractivity contribution in [2.75, 3.05) is 11.9 Å². The van der Waals surface area contributed by atoms with Crippen LogP contribution in [0.4, 0.5) is 11.9 Å². The highest BCUT2D eigenvalue weighted by Gasteiger charge is 2.17. The van der Waals surface area contributed by atoms with Crippen LogP contribution in [0.1, 0.15) is 24.6 Å². The molecule has 1 saturated heterocycles. The first-order valence-corrected chi connectivity index (χ1v) is 6.02. The molecule has 2 N–H and O–H groups in total. The normalized spacial score (nSPS) is 18.8. The highest BCUT2D eigenvalue weighted by molar-refractivity contribution is 5.41. The minimum absolute atomic E-state index is 0.338. The topological polar surface area (TPSA) is 75.6 Å². The molecule has 3 rings (SSSR count). The SMILES string of the molecule is c1cnc(Nc2nccc([C@H]3CCCN3)n2)nc1. The van der Waals surface area contributed by atoms with Gasteiger partial charge in [0.2, 0.25) is 11.9 Å². The van der Waals surface area contributed by atoms with Crippen LogP contribution in [-0.2, 0) is 0 Å². The van der Waals surface area contributed by atoms with Crippen molar-refractivity contribution in [2.45, 2.75) is 18.9 Å². The summed E-state index contributed by atoms with van der Waals surface area (Å²) in [6.45, 7) is 1.05. The zero-order chi connectivity index (χ0) is 12.2. The Kier molecular flexibility index (Phi) is 3.10. The Morgan fingerprint density at radius 2 is 1.94 bits per heavy atom. The molecule has 0 unspecified atom stereocenters. The van der Waals surface area contributed by atoms with Crippen LogP contribution in [0.5, 0.6) is 0 Å². The first kappa shape index (κ1) is 11.0. The molecule has 18 heavy (non-hydrogen) atoms. The van der Waals surface area contributed by atoms with Gasteiger partial charge in [-0.1, -0.05) is 0 Å². The molecule has 1 aliphatic rings. The van der Waals surface area contributed by atoms with Crippen LogP contribution in [0.25, 0.3) is 0 Å². The van der Waals surface area contributed by atoms with Crippen LogP contribution in [-0.4, -0.2) is 26.5 Å². The Balaban J connectivity index is 1.78. The predicted octanol–water partition coefficient (Wildman–Crippen LogP) is 1.43. The summed E-state index contributed by atoms with van der Waals surface area (Å²) in [6.07, 6.45) is 7.43. The minimum atomic E-state index is 0.338. The molecule has 0 saturated carbocycles. The molecule has 92 valence electrons. The molecule has 6 nitrogen and oxygen atoms in total. The lowest BCUT2D eigenvalue weighted by molar-refractivity contribution is 0.626. The van der Waals surface area contributed by atoms with Gasteiger partial charge < -0.3 is 5.32 Å². The molecule has 2 aromatic heterocycles. The van der Waals surface area contributed by atoms with Gasteiger partial charge >= 0.3 is 0 Å². The van der Waals surface area contributed by atoms with Crippen LogP contribution in [0.3, 0.4) is 0 Å². The molecular formula is C12H14N6. The first-order chi connectivity index (χ1) is 8.92. The summed E-state index contributed by atoms with van der Waals surface area (Å²) < 4.78 is 0. The van der Waals surface area contributed by atoms with Gasteiger partial charge in [-0.3, -0.25) is 5.32 Å². The van der Waals surface area contributed by atoms with Crippen LogP contribution in [0.15, 0.2) is 30.7 Å². The van der Waals surface area contributed by atoms with Crippen LogP contribution in [0.2, 0.25) is 0 Å². The van der Waals surface area contributed by atoms with Crippen molar-refractivity contribution in [3.8, 4) is 0 Å². The molecule has 1 aliphatic heterocycles. The van der Waals surface area contributed by atoms with Gasteiger partial charge in [0.25, 0.3) is 0 Å². The Morgan fingerprint density at radius 3 is 2.72 bits per heavy atom. The molecule has 3 heterocycles. The zero-order valence-corrected chi connectivity index (χ0v) is 9.87. The van der Waals surface area contributed by atoms with E-state index in [0.29, 0.717) is 17.9 Å².